The van der Waals surface area contributed by atoms with Crippen LogP contribution in [0, 0.1) is 5.92 Å². The van der Waals surface area contributed by atoms with E-state index >= 15 is 0 Å². The standard InChI is InChI=1S/C14H26N2S/c1-5-12(2)11-16(4)13(3)9-15-10-14-7-6-8-17-14/h6-8,12-13,15H,5,9-11H2,1-4H3. The summed E-state index contributed by atoms with van der Waals surface area (Å²) < 4.78 is 0. The van der Waals surface area contributed by atoms with Crippen molar-refractivity contribution in [1.29, 1.82) is 0 Å². The molecule has 1 aromatic heterocycles. The SMILES string of the molecule is CCC(C)CN(C)C(C)CNCc1cccs1. The van der Waals surface area contributed by atoms with E-state index in [1.807, 2.05) is 11.3 Å². The van der Waals surface area contributed by atoms with Gasteiger partial charge in [-0.3, -0.25) is 0 Å². The van der Waals surface area contributed by atoms with Crippen molar-refractivity contribution >= 4 is 11.3 Å². The molecule has 98 valence electrons. The Kier molecular flexibility index (Phi) is 6.78. The van der Waals surface area contributed by atoms with Crippen molar-refractivity contribution in [3.63, 3.8) is 0 Å². The van der Waals surface area contributed by atoms with Crippen LogP contribution < -0.4 is 5.32 Å². The van der Waals surface area contributed by atoms with Crippen LogP contribution in [0.15, 0.2) is 17.5 Å². The van der Waals surface area contributed by atoms with Crippen LogP contribution in [-0.2, 0) is 6.54 Å². The molecule has 2 unspecified atom stereocenters. The highest BCUT2D eigenvalue weighted by Crippen LogP contribution is 2.08. The number of thiophene rings is 1. The van der Waals surface area contributed by atoms with E-state index in [0.717, 1.165) is 19.0 Å². The minimum absolute atomic E-state index is 0.601. The van der Waals surface area contributed by atoms with Gasteiger partial charge in [0.05, 0.1) is 0 Å². The summed E-state index contributed by atoms with van der Waals surface area (Å²) in [6.45, 7) is 10.1. The first kappa shape index (κ1) is 14.7. The second kappa shape index (κ2) is 7.85. The summed E-state index contributed by atoms with van der Waals surface area (Å²) in [5.74, 6) is 0.791. The number of nitrogens with one attached hydrogen (secondary N) is 1. The molecule has 0 saturated heterocycles. The summed E-state index contributed by atoms with van der Waals surface area (Å²) in [6, 6.07) is 4.90. The van der Waals surface area contributed by atoms with E-state index in [-0.39, 0.29) is 0 Å². The molecule has 0 fully saturated rings. The predicted molar refractivity (Wildman–Crippen MR) is 77.6 cm³/mol. The third-order valence-corrected chi connectivity index (χ3v) is 4.24. The maximum Gasteiger partial charge on any atom is 0.0300 e. The van der Waals surface area contributed by atoms with Crippen molar-refractivity contribution in [3.8, 4) is 0 Å². The molecule has 0 aliphatic heterocycles. The van der Waals surface area contributed by atoms with Gasteiger partial charge in [-0.1, -0.05) is 26.3 Å². The molecule has 2 atom stereocenters. The highest BCUT2D eigenvalue weighted by atomic mass is 32.1. The normalized spacial score (nSPS) is 15.1. The monoisotopic (exact) mass is 254 g/mol. The number of rotatable bonds is 8. The van der Waals surface area contributed by atoms with Crippen LogP contribution in [-0.4, -0.2) is 31.1 Å². The zero-order valence-electron chi connectivity index (χ0n) is 11.6. The van der Waals surface area contributed by atoms with E-state index < -0.39 is 0 Å². The molecule has 1 aromatic rings. The van der Waals surface area contributed by atoms with Gasteiger partial charge in [0.15, 0.2) is 0 Å². The second-order valence-corrected chi connectivity index (χ2v) is 6.04. The van der Waals surface area contributed by atoms with Crippen LogP contribution in [0.1, 0.15) is 32.1 Å². The van der Waals surface area contributed by atoms with Crippen LogP contribution in [0.2, 0.25) is 0 Å². The molecule has 0 aromatic carbocycles. The van der Waals surface area contributed by atoms with Crippen LogP contribution in [0.25, 0.3) is 0 Å². The average Bonchev–Trinajstić information content (AvgIpc) is 2.81. The molecule has 0 bridgehead atoms. The first-order valence-corrected chi connectivity index (χ1v) is 7.44. The Hall–Kier alpha value is -0.380. The molecule has 0 aliphatic rings. The van der Waals surface area contributed by atoms with Gasteiger partial charge in [-0.25, -0.2) is 0 Å². The zero-order chi connectivity index (χ0) is 12.7. The molecule has 1 rings (SSSR count). The van der Waals surface area contributed by atoms with Gasteiger partial charge in [-0.2, -0.15) is 0 Å². The quantitative estimate of drug-likeness (QED) is 0.766. The topological polar surface area (TPSA) is 15.3 Å². The van der Waals surface area contributed by atoms with E-state index in [1.165, 1.54) is 17.8 Å². The Morgan fingerprint density at radius 2 is 2.18 bits per heavy atom. The summed E-state index contributed by atoms with van der Waals surface area (Å²) in [5.41, 5.74) is 0. The van der Waals surface area contributed by atoms with Crippen molar-refractivity contribution in [2.24, 2.45) is 5.92 Å². The Morgan fingerprint density at radius 3 is 2.76 bits per heavy atom. The molecular formula is C14H26N2S. The van der Waals surface area contributed by atoms with Gasteiger partial charge in [0.1, 0.15) is 0 Å². The Morgan fingerprint density at radius 1 is 1.41 bits per heavy atom. The molecule has 1 N–H and O–H groups in total. The fourth-order valence-electron chi connectivity index (χ4n) is 1.77. The fraction of sp³-hybridized carbons (Fsp3) is 0.714. The van der Waals surface area contributed by atoms with Gasteiger partial charge >= 0.3 is 0 Å². The first-order chi connectivity index (χ1) is 8.13. The maximum absolute atomic E-state index is 3.53. The lowest BCUT2D eigenvalue weighted by atomic mass is 10.1. The third-order valence-electron chi connectivity index (χ3n) is 3.37. The second-order valence-electron chi connectivity index (χ2n) is 5.01. The lowest BCUT2D eigenvalue weighted by Gasteiger charge is -2.27. The zero-order valence-corrected chi connectivity index (χ0v) is 12.4. The maximum atomic E-state index is 3.53. The van der Waals surface area contributed by atoms with Crippen LogP contribution in [0.3, 0.4) is 0 Å². The van der Waals surface area contributed by atoms with Gasteiger partial charge in [-0.15, -0.1) is 11.3 Å². The van der Waals surface area contributed by atoms with E-state index in [4.69, 9.17) is 0 Å². The minimum atomic E-state index is 0.601. The molecule has 17 heavy (non-hydrogen) atoms. The van der Waals surface area contributed by atoms with E-state index in [1.54, 1.807) is 0 Å². The molecule has 0 spiro atoms. The van der Waals surface area contributed by atoms with Crippen molar-refractivity contribution in [3.05, 3.63) is 22.4 Å². The van der Waals surface area contributed by atoms with Gasteiger partial charge < -0.3 is 10.2 Å². The summed E-state index contributed by atoms with van der Waals surface area (Å²) in [7, 11) is 2.23. The number of nitrogens with zero attached hydrogens (tertiary/aromatic N) is 1. The summed E-state index contributed by atoms with van der Waals surface area (Å²) in [4.78, 5) is 3.87. The van der Waals surface area contributed by atoms with E-state index in [9.17, 15) is 0 Å². The average molecular weight is 254 g/mol. The Labute approximate surface area is 110 Å². The molecule has 3 heteroatoms. The van der Waals surface area contributed by atoms with Crippen molar-refractivity contribution in [2.75, 3.05) is 20.1 Å². The Bertz CT molecular complexity index is 284. The lowest BCUT2D eigenvalue weighted by molar-refractivity contribution is 0.217. The highest BCUT2D eigenvalue weighted by Gasteiger charge is 2.11. The van der Waals surface area contributed by atoms with E-state index in [0.29, 0.717) is 6.04 Å². The summed E-state index contributed by atoms with van der Waals surface area (Å²) >= 11 is 1.82. The van der Waals surface area contributed by atoms with Crippen molar-refractivity contribution in [1.82, 2.24) is 10.2 Å². The molecule has 0 saturated carbocycles. The molecule has 2 nitrogen and oxygen atoms in total. The van der Waals surface area contributed by atoms with Gasteiger partial charge in [0.2, 0.25) is 0 Å². The van der Waals surface area contributed by atoms with Crippen molar-refractivity contribution < 1.29 is 0 Å². The number of likely N-dealkylation sites (N-methyl/N-ethyl adjacent to an activating group) is 1. The van der Waals surface area contributed by atoms with Crippen molar-refractivity contribution in [2.45, 2.75) is 39.8 Å². The molecular weight excluding hydrogens is 228 g/mol. The predicted octanol–water partition coefficient (Wildman–Crippen LogP) is 3.20. The third kappa shape index (κ3) is 5.66. The molecule has 0 radical (unpaired) electrons. The highest BCUT2D eigenvalue weighted by molar-refractivity contribution is 7.09. The molecule has 1 heterocycles. The van der Waals surface area contributed by atoms with Gasteiger partial charge in [0, 0.05) is 30.6 Å². The van der Waals surface area contributed by atoms with Gasteiger partial charge in [0.25, 0.3) is 0 Å². The fourth-order valence-corrected chi connectivity index (χ4v) is 2.45. The molecule has 0 aliphatic carbocycles. The van der Waals surface area contributed by atoms with Gasteiger partial charge in [-0.05, 0) is 31.3 Å². The smallest absolute Gasteiger partial charge is 0.0300 e. The lowest BCUT2D eigenvalue weighted by Crippen LogP contribution is -2.39. The first-order valence-electron chi connectivity index (χ1n) is 6.56. The van der Waals surface area contributed by atoms with E-state index in [2.05, 4.69) is 55.5 Å². The minimum Gasteiger partial charge on any atom is -0.310 e. The van der Waals surface area contributed by atoms with Crippen LogP contribution in [0.4, 0.5) is 0 Å². The largest absolute Gasteiger partial charge is 0.310 e. The Balaban J connectivity index is 2.17. The number of hydrogen-bond acceptors (Lipinski definition) is 3. The number of hydrogen-bond donors (Lipinski definition) is 1. The van der Waals surface area contributed by atoms with Crippen LogP contribution >= 0.6 is 11.3 Å². The molecule has 0 amide bonds. The summed E-state index contributed by atoms with van der Waals surface area (Å²) in [5, 5.41) is 5.66. The van der Waals surface area contributed by atoms with Crippen LogP contribution in [0.5, 0.6) is 0 Å². The summed E-state index contributed by atoms with van der Waals surface area (Å²) in [6.07, 6.45) is 1.26.